The van der Waals surface area contributed by atoms with Gasteiger partial charge in [0.25, 0.3) is 6.43 Å². The van der Waals surface area contributed by atoms with Crippen molar-refractivity contribution in [3.05, 3.63) is 24.5 Å². The van der Waals surface area contributed by atoms with Crippen LogP contribution in [0.3, 0.4) is 0 Å². The van der Waals surface area contributed by atoms with Gasteiger partial charge in [-0.25, -0.2) is 18.7 Å². The van der Waals surface area contributed by atoms with Crippen molar-refractivity contribution in [2.75, 3.05) is 94.7 Å². The molecule has 0 bridgehead atoms. The van der Waals surface area contributed by atoms with Gasteiger partial charge < -0.3 is 35.0 Å². The number of aromatic nitrogens is 5. The van der Waals surface area contributed by atoms with Crippen LogP contribution in [-0.4, -0.2) is 137 Å². The fraction of sp³-hybridized carbons (Fsp3) is 0.600. The molecule has 0 unspecified atom stereocenters. The van der Waals surface area contributed by atoms with Gasteiger partial charge in [-0.05, 0) is 25.3 Å². The van der Waals surface area contributed by atoms with E-state index in [4.69, 9.17) is 10.5 Å². The number of alkyl halides is 2. The Bertz CT molecular complexity index is 1440. The Morgan fingerprint density at radius 1 is 0.979 bits per heavy atom. The molecule has 3 amide bonds. The number of nitrogens with zero attached hydrogens (tertiary/aromatic N) is 10. The number of carbonyl (C=O) groups excluding carboxylic acids is 3. The van der Waals surface area contributed by atoms with Crippen LogP contribution in [0.15, 0.2) is 18.9 Å². The maximum absolute atomic E-state index is 13.9. The van der Waals surface area contributed by atoms with Crippen LogP contribution >= 0.6 is 0 Å². The number of ether oxygens (including phenoxy) is 1. The van der Waals surface area contributed by atoms with E-state index < -0.39 is 12.1 Å². The summed E-state index contributed by atoms with van der Waals surface area (Å²) in [6.45, 7) is 8.79. The minimum atomic E-state index is -2.91. The number of halogens is 2. The molecule has 3 saturated heterocycles. The molecular formula is C30H41F2N11O4. The molecule has 0 aliphatic carbocycles. The number of hydrogen-bond donors (Lipinski definition) is 1. The van der Waals surface area contributed by atoms with E-state index in [0.29, 0.717) is 110 Å². The maximum Gasteiger partial charge on any atom is 0.281 e. The third kappa shape index (κ3) is 8.25. The highest BCUT2D eigenvalue weighted by atomic mass is 19.3. The molecule has 5 rings (SSSR count). The third-order valence-electron chi connectivity index (χ3n) is 8.70. The largest absolute Gasteiger partial charge is 0.378 e. The summed E-state index contributed by atoms with van der Waals surface area (Å²) in [4.78, 5) is 68.1. The highest BCUT2D eigenvalue weighted by molar-refractivity contribution is 5.87. The quantitative estimate of drug-likeness (QED) is 0.361. The molecule has 2 aromatic rings. The number of likely N-dealkylation sites (tertiary alicyclic amines) is 1. The van der Waals surface area contributed by atoms with E-state index in [1.807, 2.05) is 9.80 Å². The zero-order chi connectivity index (χ0) is 33.5. The van der Waals surface area contributed by atoms with Crippen molar-refractivity contribution in [3.63, 3.8) is 0 Å². The fourth-order valence-electron chi connectivity index (χ4n) is 5.95. The van der Waals surface area contributed by atoms with E-state index in [1.54, 1.807) is 21.7 Å². The molecule has 0 radical (unpaired) electrons. The second-order valence-corrected chi connectivity index (χ2v) is 11.7. The van der Waals surface area contributed by atoms with Crippen molar-refractivity contribution in [2.24, 2.45) is 5.92 Å². The summed E-state index contributed by atoms with van der Waals surface area (Å²) >= 11 is 0. The van der Waals surface area contributed by atoms with Gasteiger partial charge in [0.15, 0.2) is 5.82 Å². The highest BCUT2D eigenvalue weighted by Crippen LogP contribution is 2.30. The first kappa shape index (κ1) is 33.8. The predicted molar refractivity (Wildman–Crippen MR) is 168 cm³/mol. The Morgan fingerprint density at radius 2 is 1.62 bits per heavy atom. The van der Waals surface area contributed by atoms with E-state index in [0.717, 1.165) is 0 Å². The molecule has 0 saturated carbocycles. The van der Waals surface area contributed by atoms with Crippen molar-refractivity contribution >= 4 is 35.6 Å². The van der Waals surface area contributed by atoms with Crippen molar-refractivity contribution in [1.29, 1.82) is 0 Å². The second-order valence-electron chi connectivity index (χ2n) is 11.7. The molecule has 2 aromatic heterocycles. The van der Waals surface area contributed by atoms with Crippen LogP contribution in [0, 0.1) is 5.92 Å². The molecule has 17 heteroatoms. The minimum absolute atomic E-state index is 0.00677. The average Bonchev–Trinajstić information content (AvgIpc) is 3.11. The summed E-state index contributed by atoms with van der Waals surface area (Å²) in [5.74, 6) is 0.162. The topological polar surface area (TPSA) is 167 Å². The van der Waals surface area contributed by atoms with E-state index in [-0.39, 0.29) is 41.0 Å². The summed E-state index contributed by atoms with van der Waals surface area (Å²) in [5.41, 5.74) is 4.99. The number of hydrogen-bond acceptors (Lipinski definition) is 12. The Morgan fingerprint density at radius 3 is 2.23 bits per heavy atom. The SMILES string of the molecule is C=CC(=O)N1CCC(C(=O)N(C)CCCC(=O)N2CCN(c3nc(-c4cnc(N)nc4C(F)F)nc(N4CCOCC4)n3)CC2)CC1. The van der Waals surface area contributed by atoms with Crippen molar-refractivity contribution < 1.29 is 27.9 Å². The Kier molecular flexibility index (Phi) is 11.1. The number of piperidine rings is 1. The lowest BCUT2D eigenvalue weighted by molar-refractivity contribution is -0.138. The molecule has 254 valence electrons. The van der Waals surface area contributed by atoms with Crippen LogP contribution in [0.25, 0.3) is 11.4 Å². The predicted octanol–water partition coefficient (Wildman–Crippen LogP) is 0.997. The van der Waals surface area contributed by atoms with Gasteiger partial charge in [-0.2, -0.15) is 15.0 Å². The first-order valence-electron chi connectivity index (χ1n) is 15.8. The molecule has 2 N–H and O–H groups in total. The number of nitrogen functional groups attached to an aromatic ring is 1. The van der Waals surface area contributed by atoms with E-state index in [2.05, 4.69) is 31.5 Å². The number of anilines is 3. The summed E-state index contributed by atoms with van der Waals surface area (Å²) in [7, 11) is 1.75. The Hall–Kier alpha value is -4.54. The molecule has 3 aliphatic heterocycles. The van der Waals surface area contributed by atoms with Crippen LogP contribution in [0.4, 0.5) is 26.6 Å². The number of amides is 3. The normalized spacial score (nSPS) is 17.6. The lowest BCUT2D eigenvalue weighted by Gasteiger charge is -2.35. The van der Waals surface area contributed by atoms with E-state index in [9.17, 15) is 23.2 Å². The summed E-state index contributed by atoms with van der Waals surface area (Å²) in [6.07, 6.45) is 1.64. The standard InChI is InChI=1S/C30H41F2N11O4/c1-3-22(44)40-9-6-20(7-10-40)27(46)39(2)8-4-5-23(45)41-11-13-42(14-12-41)29-36-26(21-19-34-28(33)35-24(21)25(31)32)37-30(38-29)43-15-17-47-18-16-43/h3,19-20,25H,1,4-18H2,2H3,(H2,33,34,35). The smallest absolute Gasteiger partial charge is 0.281 e. The van der Waals surface area contributed by atoms with Gasteiger partial charge in [0, 0.05) is 84.5 Å². The Labute approximate surface area is 271 Å². The molecule has 3 fully saturated rings. The van der Waals surface area contributed by atoms with Gasteiger partial charge in [-0.15, -0.1) is 0 Å². The van der Waals surface area contributed by atoms with Crippen LogP contribution in [-0.2, 0) is 19.1 Å². The highest BCUT2D eigenvalue weighted by Gasteiger charge is 2.30. The number of morpholine rings is 1. The van der Waals surface area contributed by atoms with E-state index in [1.165, 1.54) is 12.3 Å². The van der Waals surface area contributed by atoms with Gasteiger partial charge in [-0.1, -0.05) is 6.58 Å². The monoisotopic (exact) mass is 657 g/mol. The number of carbonyl (C=O) groups is 3. The van der Waals surface area contributed by atoms with E-state index >= 15 is 0 Å². The third-order valence-corrected chi connectivity index (χ3v) is 8.70. The zero-order valence-electron chi connectivity index (χ0n) is 26.6. The van der Waals surface area contributed by atoms with Crippen LogP contribution in [0.2, 0.25) is 0 Å². The van der Waals surface area contributed by atoms with Gasteiger partial charge >= 0.3 is 0 Å². The molecular weight excluding hydrogens is 616 g/mol. The molecule has 3 aliphatic rings. The van der Waals surface area contributed by atoms with Gasteiger partial charge in [0.05, 0.1) is 18.8 Å². The van der Waals surface area contributed by atoms with Crippen molar-refractivity contribution in [1.82, 2.24) is 39.6 Å². The number of rotatable bonds is 10. The van der Waals surface area contributed by atoms with Crippen molar-refractivity contribution in [2.45, 2.75) is 32.1 Å². The first-order valence-corrected chi connectivity index (χ1v) is 15.8. The number of piperazine rings is 1. The summed E-state index contributed by atoms with van der Waals surface area (Å²) in [5, 5.41) is 0. The first-order chi connectivity index (χ1) is 22.6. The fourth-order valence-corrected chi connectivity index (χ4v) is 5.95. The molecule has 0 aromatic carbocycles. The molecule has 47 heavy (non-hydrogen) atoms. The lowest BCUT2D eigenvalue weighted by atomic mass is 9.95. The molecule has 15 nitrogen and oxygen atoms in total. The van der Waals surface area contributed by atoms with Crippen LogP contribution < -0.4 is 15.5 Å². The zero-order valence-corrected chi connectivity index (χ0v) is 26.6. The summed E-state index contributed by atoms with van der Waals surface area (Å²) < 4.78 is 33.3. The Balaban J connectivity index is 1.17. The lowest BCUT2D eigenvalue weighted by Crippen LogP contribution is -2.49. The minimum Gasteiger partial charge on any atom is -0.378 e. The van der Waals surface area contributed by atoms with Crippen LogP contribution in [0.1, 0.15) is 37.8 Å². The van der Waals surface area contributed by atoms with Gasteiger partial charge in [0.2, 0.25) is 35.6 Å². The maximum atomic E-state index is 13.9. The van der Waals surface area contributed by atoms with Crippen molar-refractivity contribution in [3.8, 4) is 11.4 Å². The molecule has 5 heterocycles. The average molecular weight is 658 g/mol. The molecule has 0 spiro atoms. The molecule has 0 atom stereocenters. The van der Waals surface area contributed by atoms with Crippen LogP contribution in [0.5, 0.6) is 0 Å². The number of nitrogens with two attached hydrogens (primary N) is 1. The summed E-state index contributed by atoms with van der Waals surface area (Å²) in [6, 6.07) is 0. The second kappa shape index (κ2) is 15.4. The van der Waals surface area contributed by atoms with Gasteiger partial charge in [0.1, 0.15) is 5.69 Å². The van der Waals surface area contributed by atoms with Gasteiger partial charge in [-0.3, -0.25) is 14.4 Å².